The first-order valence-corrected chi connectivity index (χ1v) is 5.95. The van der Waals surface area contributed by atoms with Crippen LogP contribution < -0.4 is 5.73 Å². The van der Waals surface area contributed by atoms with Crippen molar-refractivity contribution in [2.24, 2.45) is 5.73 Å². The largest absolute Gasteiger partial charge is 0.480 e. The Balaban J connectivity index is 2.73. The van der Waals surface area contributed by atoms with E-state index in [-0.39, 0.29) is 6.54 Å². The molecule has 0 radical (unpaired) electrons. The quantitative estimate of drug-likeness (QED) is 0.607. The summed E-state index contributed by atoms with van der Waals surface area (Å²) < 4.78 is 25.7. The zero-order valence-electron chi connectivity index (χ0n) is 8.46. The van der Waals surface area contributed by atoms with Gasteiger partial charge in [-0.05, 0) is 6.42 Å². The molecule has 15 heavy (non-hydrogen) atoms. The van der Waals surface area contributed by atoms with E-state index in [1.807, 2.05) is 0 Å². The van der Waals surface area contributed by atoms with Crippen LogP contribution in [0.1, 0.15) is 6.42 Å². The van der Waals surface area contributed by atoms with Crippen molar-refractivity contribution < 1.29 is 18.3 Å². The summed E-state index contributed by atoms with van der Waals surface area (Å²) in [4.78, 5) is 10.5. The number of nitrogens with two attached hydrogens (primary N) is 1. The first kappa shape index (κ1) is 12.4. The van der Waals surface area contributed by atoms with Crippen molar-refractivity contribution >= 4 is 16.2 Å². The minimum atomic E-state index is -3.51. The van der Waals surface area contributed by atoms with Gasteiger partial charge >= 0.3 is 5.97 Å². The molecule has 0 aromatic carbocycles. The van der Waals surface area contributed by atoms with Crippen LogP contribution in [0, 0.1) is 0 Å². The highest BCUT2D eigenvalue weighted by Gasteiger charge is 2.32. The average Bonchev–Trinajstić information content (AvgIpc) is 2.13. The van der Waals surface area contributed by atoms with Crippen molar-refractivity contribution in [1.29, 1.82) is 0 Å². The second-order valence-corrected chi connectivity index (χ2v) is 5.52. The van der Waals surface area contributed by atoms with E-state index in [0.29, 0.717) is 19.5 Å². The Labute approximate surface area is 88.6 Å². The number of hydrogen-bond acceptors (Lipinski definition) is 4. The van der Waals surface area contributed by atoms with Crippen LogP contribution in [0.25, 0.3) is 0 Å². The lowest BCUT2D eigenvalue weighted by molar-refractivity contribution is -0.138. The third-order valence-corrected chi connectivity index (χ3v) is 4.27. The number of carboxylic acid groups (broad SMARTS) is 1. The standard InChI is InChI=1S/C7H15N3O4S/c1-9-3-2-4-10(15(9,13)14)5-6(8)7(11)12/h6H,2-5,8H2,1H3,(H,11,12). The minimum absolute atomic E-state index is 0.179. The summed E-state index contributed by atoms with van der Waals surface area (Å²) in [6, 6.07) is -1.17. The lowest BCUT2D eigenvalue weighted by Crippen LogP contribution is -2.53. The number of hydrogen-bond donors (Lipinski definition) is 2. The molecule has 8 heteroatoms. The highest BCUT2D eigenvalue weighted by Crippen LogP contribution is 2.13. The maximum Gasteiger partial charge on any atom is 0.321 e. The van der Waals surface area contributed by atoms with Gasteiger partial charge in [0.1, 0.15) is 6.04 Å². The van der Waals surface area contributed by atoms with Crippen LogP contribution in [0.4, 0.5) is 0 Å². The number of carbonyl (C=O) groups is 1. The van der Waals surface area contributed by atoms with Gasteiger partial charge in [-0.3, -0.25) is 4.79 Å². The Bertz CT molecular complexity index is 342. The number of rotatable bonds is 3. The van der Waals surface area contributed by atoms with Gasteiger partial charge in [0.25, 0.3) is 10.2 Å². The minimum Gasteiger partial charge on any atom is -0.480 e. The van der Waals surface area contributed by atoms with E-state index in [1.54, 1.807) is 0 Å². The summed E-state index contributed by atoms with van der Waals surface area (Å²) in [7, 11) is -2.04. The van der Waals surface area contributed by atoms with Gasteiger partial charge in [-0.1, -0.05) is 0 Å². The summed E-state index contributed by atoms with van der Waals surface area (Å²) in [5.74, 6) is -1.20. The fraction of sp³-hybridized carbons (Fsp3) is 0.857. The van der Waals surface area contributed by atoms with Crippen molar-refractivity contribution in [3.63, 3.8) is 0 Å². The zero-order chi connectivity index (χ0) is 11.6. The smallest absolute Gasteiger partial charge is 0.321 e. The average molecular weight is 237 g/mol. The van der Waals surface area contributed by atoms with Crippen LogP contribution in [0.2, 0.25) is 0 Å². The van der Waals surface area contributed by atoms with Gasteiger partial charge in [0, 0.05) is 26.7 Å². The summed E-state index contributed by atoms with van der Waals surface area (Å²) in [5.41, 5.74) is 5.29. The fourth-order valence-corrected chi connectivity index (χ4v) is 2.84. The fourth-order valence-electron chi connectivity index (χ4n) is 1.38. The highest BCUT2D eigenvalue weighted by molar-refractivity contribution is 7.86. The monoisotopic (exact) mass is 237 g/mol. The second kappa shape index (κ2) is 4.44. The predicted octanol–water partition coefficient (Wildman–Crippen LogP) is -1.72. The molecule has 0 aromatic rings. The zero-order valence-corrected chi connectivity index (χ0v) is 9.27. The normalized spacial score (nSPS) is 24.9. The van der Waals surface area contributed by atoms with Crippen LogP contribution in [0.15, 0.2) is 0 Å². The molecule has 3 N–H and O–H groups in total. The van der Waals surface area contributed by atoms with Gasteiger partial charge in [0.05, 0.1) is 0 Å². The molecule has 1 saturated heterocycles. The van der Waals surface area contributed by atoms with E-state index in [9.17, 15) is 13.2 Å². The van der Waals surface area contributed by atoms with Crippen molar-refractivity contribution in [1.82, 2.24) is 8.61 Å². The number of nitrogens with zero attached hydrogens (tertiary/aromatic N) is 2. The summed E-state index contributed by atoms with van der Waals surface area (Å²) >= 11 is 0. The van der Waals surface area contributed by atoms with Gasteiger partial charge < -0.3 is 10.8 Å². The molecule has 0 saturated carbocycles. The molecule has 7 nitrogen and oxygen atoms in total. The second-order valence-electron chi connectivity index (χ2n) is 3.49. The SMILES string of the molecule is CN1CCCN(CC(N)C(=O)O)S1(=O)=O. The van der Waals surface area contributed by atoms with Crippen molar-refractivity contribution in [3.05, 3.63) is 0 Å². The molecule has 1 fully saturated rings. The van der Waals surface area contributed by atoms with E-state index in [4.69, 9.17) is 10.8 Å². The Morgan fingerprint density at radius 1 is 1.53 bits per heavy atom. The Morgan fingerprint density at radius 3 is 2.67 bits per heavy atom. The molecule has 1 aliphatic rings. The van der Waals surface area contributed by atoms with Crippen molar-refractivity contribution in [2.45, 2.75) is 12.5 Å². The van der Waals surface area contributed by atoms with Crippen LogP contribution in [0.5, 0.6) is 0 Å². The summed E-state index contributed by atoms with van der Waals surface area (Å²) in [6.45, 7) is 0.608. The highest BCUT2D eigenvalue weighted by atomic mass is 32.2. The lowest BCUT2D eigenvalue weighted by atomic mass is 10.3. The molecule has 0 spiro atoms. The molecule has 1 rings (SSSR count). The molecule has 1 heterocycles. The molecule has 0 aromatic heterocycles. The predicted molar refractivity (Wildman–Crippen MR) is 53.4 cm³/mol. The Morgan fingerprint density at radius 2 is 2.13 bits per heavy atom. The third-order valence-electron chi connectivity index (χ3n) is 2.32. The van der Waals surface area contributed by atoms with E-state index in [2.05, 4.69) is 0 Å². The first-order chi connectivity index (χ1) is 6.85. The van der Waals surface area contributed by atoms with Gasteiger partial charge in [-0.15, -0.1) is 0 Å². The van der Waals surface area contributed by atoms with E-state index in [1.165, 1.54) is 11.4 Å². The molecule has 0 aliphatic carbocycles. The molecular weight excluding hydrogens is 222 g/mol. The number of carboxylic acids is 1. The van der Waals surface area contributed by atoms with Crippen molar-refractivity contribution in [3.8, 4) is 0 Å². The van der Waals surface area contributed by atoms with E-state index in [0.717, 1.165) is 4.31 Å². The van der Waals surface area contributed by atoms with Crippen molar-refractivity contribution in [2.75, 3.05) is 26.7 Å². The molecule has 1 unspecified atom stereocenters. The lowest BCUT2D eigenvalue weighted by Gasteiger charge is -2.32. The Kier molecular flexibility index (Phi) is 3.66. The Hall–Kier alpha value is -0.700. The van der Waals surface area contributed by atoms with Gasteiger partial charge in [0.15, 0.2) is 0 Å². The summed E-state index contributed by atoms with van der Waals surface area (Å²) in [6.07, 6.45) is 0.683. The molecular formula is C7H15N3O4S. The summed E-state index contributed by atoms with van der Waals surface area (Å²) in [5, 5.41) is 8.59. The van der Waals surface area contributed by atoms with Crippen LogP contribution in [-0.2, 0) is 15.0 Å². The van der Waals surface area contributed by atoms with Crippen LogP contribution in [-0.4, -0.2) is 60.8 Å². The van der Waals surface area contributed by atoms with E-state index >= 15 is 0 Å². The molecule has 1 aliphatic heterocycles. The number of aliphatic carboxylic acids is 1. The van der Waals surface area contributed by atoms with Crippen LogP contribution >= 0.6 is 0 Å². The van der Waals surface area contributed by atoms with Crippen LogP contribution in [0.3, 0.4) is 0 Å². The topological polar surface area (TPSA) is 104 Å². The van der Waals surface area contributed by atoms with Gasteiger partial charge in [0.2, 0.25) is 0 Å². The third kappa shape index (κ3) is 2.65. The van der Waals surface area contributed by atoms with Gasteiger partial charge in [-0.2, -0.15) is 17.0 Å². The maximum absolute atomic E-state index is 11.7. The van der Waals surface area contributed by atoms with E-state index < -0.39 is 22.2 Å². The van der Waals surface area contributed by atoms with Gasteiger partial charge in [-0.25, -0.2) is 0 Å². The molecule has 88 valence electrons. The molecule has 0 bridgehead atoms. The molecule has 1 atom stereocenters. The molecule has 0 amide bonds. The first-order valence-electron chi connectivity index (χ1n) is 4.55. The maximum atomic E-state index is 11.7.